The van der Waals surface area contributed by atoms with Crippen molar-refractivity contribution >= 4 is 17.8 Å². The van der Waals surface area contributed by atoms with E-state index in [-0.39, 0.29) is 11.6 Å². The van der Waals surface area contributed by atoms with Gasteiger partial charge in [-0.2, -0.15) is 0 Å². The molecule has 1 aliphatic heterocycles. The molecule has 1 amide bonds. The molecule has 0 saturated heterocycles. The van der Waals surface area contributed by atoms with Crippen molar-refractivity contribution in [3.05, 3.63) is 12.3 Å². The Morgan fingerprint density at radius 3 is 2.78 bits per heavy atom. The summed E-state index contributed by atoms with van der Waals surface area (Å²) in [5.41, 5.74) is 0.841. The van der Waals surface area contributed by atoms with E-state index in [1.165, 1.54) is 6.21 Å². The zero-order valence-corrected chi connectivity index (χ0v) is 5.09. The lowest BCUT2D eigenvalue weighted by molar-refractivity contribution is -0.114. The highest BCUT2D eigenvalue weighted by Crippen LogP contribution is 1.99. The molecule has 0 bridgehead atoms. The number of rotatable bonds is 0. The molecule has 0 aromatic rings. The second-order valence-corrected chi connectivity index (χ2v) is 1.76. The summed E-state index contributed by atoms with van der Waals surface area (Å²) in [7, 11) is 0. The third kappa shape index (κ3) is 1.10. The lowest BCUT2D eigenvalue weighted by Crippen LogP contribution is -2.07. The minimum Gasteiger partial charge on any atom is -0.265 e. The van der Waals surface area contributed by atoms with Crippen LogP contribution in [0, 0.1) is 0 Å². The zero-order chi connectivity index (χ0) is 6.85. The third-order valence-corrected chi connectivity index (χ3v) is 0.932. The van der Waals surface area contributed by atoms with Crippen molar-refractivity contribution in [2.75, 3.05) is 0 Å². The Morgan fingerprint density at radius 2 is 2.33 bits per heavy atom. The third-order valence-electron chi connectivity index (χ3n) is 0.932. The molecule has 0 atom stereocenters. The van der Waals surface area contributed by atoms with E-state index < -0.39 is 0 Å². The number of aliphatic imine (C=N–C) groups is 2. The molecule has 0 unspecified atom stereocenters. The van der Waals surface area contributed by atoms with Gasteiger partial charge in [0, 0.05) is 6.21 Å². The highest BCUT2D eigenvalue weighted by Gasteiger charge is 2.06. The Hall–Kier alpha value is -1.25. The summed E-state index contributed by atoms with van der Waals surface area (Å²) in [5.74, 6) is -0.338. The largest absolute Gasteiger partial charge is 0.295 e. The molecule has 46 valence electrons. The van der Waals surface area contributed by atoms with E-state index in [1.807, 2.05) is 0 Å². The fraction of sp³-hybridized carbons (Fsp3) is 0.167. The van der Waals surface area contributed by atoms with E-state index in [1.54, 1.807) is 6.92 Å². The summed E-state index contributed by atoms with van der Waals surface area (Å²) in [4.78, 5) is 17.9. The van der Waals surface area contributed by atoms with Gasteiger partial charge in [0.25, 0.3) is 5.91 Å². The summed E-state index contributed by atoms with van der Waals surface area (Å²) in [5, 5.41) is 0. The predicted molar refractivity (Wildman–Crippen MR) is 35.7 cm³/mol. The average Bonchev–Trinajstić information content (AvgIpc) is 1.80. The van der Waals surface area contributed by atoms with Gasteiger partial charge in [-0.05, 0) is 6.92 Å². The maximum atomic E-state index is 10.6. The molecule has 0 N–H and O–H groups in total. The van der Waals surface area contributed by atoms with Crippen LogP contribution in [0.15, 0.2) is 22.3 Å². The molecule has 0 aromatic carbocycles. The monoisotopic (exact) mass is 122 g/mol. The summed E-state index contributed by atoms with van der Waals surface area (Å²) in [6, 6.07) is 0. The normalized spacial score (nSPS) is 18.1. The van der Waals surface area contributed by atoms with Crippen LogP contribution >= 0.6 is 0 Å². The summed E-state index contributed by atoms with van der Waals surface area (Å²) in [6.45, 7) is 5.09. The maximum absolute atomic E-state index is 10.6. The smallest absolute Gasteiger partial charge is 0.265 e. The van der Waals surface area contributed by atoms with Crippen molar-refractivity contribution in [3.8, 4) is 0 Å². The van der Waals surface area contributed by atoms with Gasteiger partial charge in [-0.3, -0.25) is 4.79 Å². The molecule has 0 radical (unpaired) electrons. The van der Waals surface area contributed by atoms with Gasteiger partial charge in [0.05, 0.1) is 5.71 Å². The highest BCUT2D eigenvalue weighted by molar-refractivity contribution is 6.34. The lowest BCUT2D eigenvalue weighted by atomic mass is 10.3. The molecule has 1 heterocycles. The second kappa shape index (κ2) is 1.93. The molecule has 0 fully saturated rings. The van der Waals surface area contributed by atoms with E-state index >= 15 is 0 Å². The van der Waals surface area contributed by atoms with Gasteiger partial charge < -0.3 is 0 Å². The molecule has 0 saturated carbocycles. The average molecular weight is 122 g/mol. The van der Waals surface area contributed by atoms with E-state index in [2.05, 4.69) is 16.6 Å². The number of hydrogen-bond donors (Lipinski definition) is 0. The quantitative estimate of drug-likeness (QED) is 0.433. The molecule has 0 aliphatic carbocycles. The molecule has 3 heteroatoms. The summed E-state index contributed by atoms with van der Waals surface area (Å²) >= 11 is 0. The molecular formula is C6H6N2O. The van der Waals surface area contributed by atoms with Crippen LogP contribution in [0.3, 0.4) is 0 Å². The minimum absolute atomic E-state index is 0.209. The van der Waals surface area contributed by atoms with Gasteiger partial charge in [-0.15, -0.1) is 0 Å². The predicted octanol–water partition coefficient (Wildman–Crippen LogP) is 0.572. The number of carbonyl (C=O) groups is 1. The van der Waals surface area contributed by atoms with E-state index in [0.29, 0.717) is 5.71 Å². The first kappa shape index (κ1) is 5.88. The van der Waals surface area contributed by atoms with Gasteiger partial charge in [0.1, 0.15) is 5.70 Å². The number of carbonyl (C=O) groups excluding carboxylic acids is 1. The second-order valence-electron chi connectivity index (χ2n) is 1.76. The highest BCUT2D eigenvalue weighted by atomic mass is 16.1. The number of hydrogen-bond acceptors (Lipinski definition) is 2. The van der Waals surface area contributed by atoms with E-state index in [9.17, 15) is 4.79 Å². The Bertz CT molecular complexity index is 225. The van der Waals surface area contributed by atoms with Crippen LogP contribution < -0.4 is 0 Å². The molecule has 9 heavy (non-hydrogen) atoms. The van der Waals surface area contributed by atoms with Crippen LogP contribution in [0.5, 0.6) is 0 Å². The first-order valence-electron chi connectivity index (χ1n) is 2.53. The van der Waals surface area contributed by atoms with E-state index in [0.717, 1.165) is 0 Å². The van der Waals surface area contributed by atoms with Crippen molar-refractivity contribution in [2.45, 2.75) is 6.92 Å². The van der Waals surface area contributed by atoms with Crippen molar-refractivity contribution in [2.24, 2.45) is 9.98 Å². The summed E-state index contributed by atoms with van der Waals surface area (Å²) < 4.78 is 0. The maximum Gasteiger partial charge on any atom is 0.295 e. The standard InChI is InChI=1S/C6H6N2O/c1-4-3-7-5(2)6(9)8-4/h3H,2H2,1H3. The Labute approximate surface area is 52.8 Å². The van der Waals surface area contributed by atoms with Crippen molar-refractivity contribution < 1.29 is 4.79 Å². The molecule has 1 rings (SSSR count). The van der Waals surface area contributed by atoms with Gasteiger partial charge in [-0.25, -0.2) is 9.98 Å². The van der Waals surface area contributed by atoms with Crippen LogP contribution in [0.4, 0.5) is 0 Å². The minimum atomic E-state index is -0.338. The molecule has 0 spiro atoms. The van der Waals surface area contributed by atoms with Gasteiger partial charge in [0.15, 0.2) is 0 Å². The van der Waals surface area contributed by atoms with Crippen molar-refractivity contribution in [1.82, 2.24) is 0 Å². The Balaban J connectivity index is 2.95. The Kier molecular flexibility index (Phi) is 1.26. The van der Waals surface area contributed by atoms with Crippen LogP contribution in [0.2, 0.25) is 0 Å². The fourth-order valence-corrected chi connectivity index (χ4v) is 0.480. The first-order valence-corrected chi connectivity index (χ1v) is 2.53. The summed E-state index contributed by atoms with van der Waals surface area (Å²) in [6.07, 6.45) is 1.52. The van der Waals surface area contributed by atoms with Crippen LogP contribution in [-0.4, -0.2) is 17.8 Å². The van der Waals surface area contributed by atoms with Crippen molar-refractivity contribution in [3.63, 3.8) is 0 Å². The lowest BCUT2D eigenvalue weighted by Gasteiger charge is -1.98. The van der Waals surface area contributed by atoms with Crippen LogP contribution in [0.1, 0.15) is 6.92 Å². The molecular weight excluding hydrogens is 116 g/mol. The number of nitrogens with zero attached hydrogens (tertiary/aromatic N) is 2. The molecule has 1 aliphatic rings. The zero-order valence-electron chi connectivity index (χ0n) is 5.09. The fourth-order valence-electron chi connectivity index (χ4n) is 0.480. The molecule has 3 nitrogen and oxygen atoms in total. The van der Waals surface area contributed by atoms with Crippen LogP contribution in [-0.2, 0) is 4.79 Å². The topological polar surface area (TPSA) is 41.8 Å². The first-order chi connectivity index (χ1) is 4.20. The van der Waals surface area contributed by atoms with E-state index in [4.69, 9.17) is 0 Å². The van der Waals surface area contributed by atoms with Gasteiger partial charge >= 0.3 is 0 Å². The van der Waals surface area contributed by atoms with Gasteiger partial charge in [0.2, 0.25) is 0 Å². The van der Waals surface area contributed by atoms with Gasteiger partial charge in [-0.1, -0.05) is 6.58 Å². The SMILES string of the molecule is C=C1N=CC(C)=NC1=O. The number of amides is 1. The van der Waals surface area contributed by atoms with Crippen LogP contribution in [0.25, 0.3) is 0 Å². The van der Waals surface area contributed by atoms with Crippen molar-refractivity contribution in [1.29, 1.82) is 0 Å². The Morgan fingerprint density at radius 1 is 1.67 bits per heavy atom. The molecule has 0 aromatic heterocycles.